The SMILES string of the molecule is COC(CN1C(=O)C(=O)/C(=C(/O)c2ccccc2)C1c1cccnc1)OC. The summed E-state index contributed by atoms with van der Waals surface area (Å²) in [5.74, 6) is -1.70. The summed E-state index contributed by atoms with van der Waals surface area (Å²) >= 11 is 0. The second kappa shape index (κ2) is 8.11. The summed E-state index contributed by atoms with van der Waals surface area (Å²) < 4.78 is 10.4. The number of aliphatic hydroxyl groups excluding tert-OH is 1. The maximum atomic E-state index is 12.8. The zero-order valence-electron chi connectivity index (χ0n) is 15.0. The fourth-order valence-electron chi connectivity index (χ4n) is 3.11. The molecule has 0 saturated carbocycles. The third kappa shape index (κ3) is 3.60. The molecule has 1 saturated heterocycles. The van der Waals surface area contributed by atoms with Crippen molar-refractivity contribution in [2.24, 2.45) is 0 Å². The number of likely N-dealkylation sites (tertiary alicyclic amines) is 1. The fourth-order valence-corrected chi connectivity index (χ4v) is 3.11. The molecule has 2 heterocycles. The van der Waals surface area contributed by atoms with E-state index in [0.717, 1.165) is 0 Å². The van der Waals surface area contributed by atoms with Gasteiger partial charge in [-0.05, 0) is 11.6 Å². The van der Waals surface area contributed by atoms with Gasteiger partial charge in [0.15, 0.2) is 6.29 Å². The number of carbonyl (C=O) groups is 2. The Morgan fingerprint density at radius 1 is 1.15 bits per heavy atom. The number of amides is 1. The minimum absolute atomic E-state index is 0.0187. The summed E-state index contributed by atoms with van der Waals surface area (Å²) in [6.07, 6.45) is 2.45. The summed E-state index contributed by atoms with van der Waals surface area (Å²) in [6, 6.07) is 11.3. The molecule has 7 heteroatoms. The molecule has 0 radical (unpaired) electrons. The lowest BCUT2D eigenvalue weighted by Gasteiger charge is -2.27. The van der Waals surface area contributed by atoms with Gasteiger partial charge in [0, 0.05) is 32.2 Å². The number of nitrogens with zero attached hydrogens (tertiary/aromatic N) is 2. The highest BCUT2D eigenvalue weighted by molar-refractivity contribution is 6.46. The number of ketones is 1. The predicted molar refractivity (Wildman–Crippen MR) is 97.5 cm³/mol. The Morgan fingerprint density at radius 3 is 2.44 bits per heavy atom. The van der Waals surface area contributed by atoms with Gasteiger partial charge >= 0.3 is 0 Å². The first-order valence-corrected chi connectivity index (χ1v) is 8.37. The van der Waals surface area contributed by atoms with Crippen LogP contribution in [0.4, 0.5) is 0 Å². The van der Waals surface area contributed by atoms with Crippen LogP contribution in [0, 0.1) is 0 Å². The topological polar surface area (TPSA) is 89.0 Å². The van der Waals surface area contributed by atoms with Gasteiger partial charge < -0.3 is 19.5 Å². The molecule has 1 aliphatic rings. The zero-order valence-corrected chi connectivity index (χ0v) is 15.0. The largest absolute Gasteiger partial charge is 0.507 e. The molecule has 3 rings (SSSR count). The van der Waals surface area contributed by atoms with E-state index in [9.17, 15) is 14.7 Å². The van der Waals surface area contributed by atoms with E-state index >= 15 is 0 Å². The summed E-state index contributed by atoms with van der Waals surface area (Å²) in [4.78, 5) is 30.9. The highest BCUT2D eigenvalue weighted by Crippen LogP contribution is 2.39. The van der Waals surface area contributed by atoms with Crippen LogP contribution in [0.1, 0.15) is 17.2 Å². The van der Waals surface area contributed by atoms with Crippen LogP contribution in [-0.2, 0) is 19.1 Å². The van der Waals surface area contributed by atoms with Gasteiger partial charge in [0.05, 0.1) is 18.2 Å². The van der Waals surface area contributed by atoms with Crippen molar-refractivity contribution in [1.82, 2.24) is 9.88 Å². The van der Waals surface area contributed by atoms with Gasteiger partial charge in [0.25, 0.3) is 11.7 Å². The number of rotatable bonds is 6. The third-order valence-corrected chi connectivity index (χ3v) is 4.46. The summed E-state index contributed by atoms with van der Waals surface area (Å²) in [7, 11) is 2.90. The van der Waals surface area contributed by atoms with Gasteiger partial charge in [-0.1, -0.05) is 36.4 Å². The summed E-state index contributed by atoms with van der Waals surface area (Å²) in [5, 5.41) is 10.8. The standard InChI is InChI=1S/C20H20N2O5/c1-26-15(27-2)12-22-17(14-9-6-10-21-11-14)16(19(24)20(22)25)18(23)13-7-4-3-5-8-13/h3-11,15,17,23H,12H2,1-2H3/b18-16+. The lowest BCUT2D eigenvalue weighted by atomic mass is 9.96. The van der Waals surface area contributed by atoms with Crippen LogP contribution in [0.15, 0.2) is 60.4 Å². The van der Waals surface area contributed by atoms with E-state index in [1.165, 1.54) is 19.1 Å². The van der Waals surface area contributed by atoms with Gasteiger partial charge in [0.2, 0.25) is 0 Å². The summed E-state index contributed by atoms with van der Waals surface area (Å²) in [6.45, 7) is 0.0305. The molecule has 1 atom stereocenters. The minimum Gasteiger partial charge on any atom is -0.507 e. The Balaban J connectivity index is 2.14. The predicted octanol–water partition coefficient (Wildman–Crippen LogP) is 2.12. The van der Waals surface area contributed by atoms with E-state index in [1.807, 2.05) is 0 Å². The van der Waals surface area contributed by atoms with Crippen molar-refractivity contribution < 1.29 is 24.2 Å². The van der Waals surface area contributed by atoms with Gasteiger partial charge in [-0.15, -0.1) is 0 Å². The number of hydrogen-bond acceptors (Lipinski definition) is 6. The minimum atomic E-state index is -0.785. The van der Waals surface area contributed by atoms with Crippen LogP contribution in [0.2, 0.25) is 0 Å². The van der Waals surface area contributed by atoms with E-state index in [2.05, 4.69) is 4.98 Å². The summed E-state index contributed by atoms with van der Waals surface area (Å²) in [5.41, 5.74) is 1.09. The Bertz CT molecular complexity index is 847. The van der Waals surface area contributed by atoms with E-state index in [-0.39, 0.29) is 17.9 Å². The average molecular weight is 368 g/mol. The van der Waals surface area contributed by atoms with Gasteiger partial charge in [-0.3, -0.25) is 14.6 Å². The number of benzene rings is 1. The molecular formula is C20H20N2O5. The molecule has 1 unspecified atom stereocenters. The first kappa shape index (κ1) is 18.8. The van der Waals surface area contributed by atoms with Crippen molar-refractivity contribution in [2.75, 3.05) is 20.8 Å². The van der Waals surface area contributed by atoms with Crippen molar-refractivity contribution >= 4 is 17.4 Å². The molecule has 0 bridgehead atoms. The quantitative estimate of drug-likeness (QED) is 0.364. The van der Waals surface area contributed by atoms with E-state index in [0.29, 0.717) is 11.1 Å². The highest BCUT2D eigenvalue weighted by Gasteiger charge is 2.46. The van der Waals surface area contributed by atoms with Crippen LogP contribution >= 0.6 is 0 Å². The Morgan fingerprint density at radius 2 is 1.85 bits per heavy atom. The molecule has 1 amide bonds. The normalized spacial score (nSPS) is 19.1. The molecule has 1 fully saturated rings. The smallest absolute Gasteiger partial charge is 0.295 e. The molecule has 1 N–H and O–H groups in total. The number of methoxy groups -OCH3 is 2. The van der Waals surface area contributed by atoms with E-state index in [1.54, 1.807) is 54.9 Å². The first-order valence-electron chi connectivity index (χ1n) is 8.37. The maximum Gasteiger partial charge on any atom is 0.295 e. The molecule has 2 aromatic rings. The van der Waals surface area contributed by atoms with Crippen LogP contribution in [0.25, 0.3) is 5.76 Å². The van der Waals surface area contributed by atoms with Crippen molar-refractivity contribution in [3.8, 4) is 0 Å². The van der Waals surface area contributed by atoms with E-state index < -0.39 is 24.0 Å². The Labute approximate surface area is 156 Å². The van der Waals surface area contributed by atoms with Gasteiger partial charge in [0.1, 0.15) is 5.76 Å². The molecule has 0 aliphatic carbocycles. The molecule has 140 valence electrons. The molecule has 7 nitrogen and oxygen atoms in total. The van der Waals surface area contributed by atoms with Gasteiger partial charge in [-0.2, -0.15) is 0 Å². The van der Waals surface area contributed by atoms with Crippen molar-refractivity contribution in [3.63, 3.8) is 0 Å². The molecule has 0 spiro atoms. The lowest BCUT2D eigenvalue weighted by Crippen LogP contribution is -2.38. The highest BCUT2D eigenvalue weighted by atomic mass is 16.7. The number of ether oxygens (including phenoxy) is 2. The molecule has 1 aliphatic heterocycles. The van der Waals surface area contributed by atoms with Crippen LogP contribution in [0.3, 0.4) is 0 Å². The number of hydrogen-bond donors (Lipinski definition) is 1. The monoisotopic (exact) mass is 368 g/mol. The molecule has 1 aromatic heterocycles. The van der Waals surface area contributed by atoms with Crippen molar-refractivity contribution in [2.45, 2.75) is 12.3 Å². The van der Waals surface area contributed by atoms with Crippen molar-refractivity contribution in [3.05, 3.63) is 71.6 Å². The fraction of sp³-hybridized carbons (Fsp3) is 0.250. The average Bonchev–Trinajstić information content (AvgIpc) is 2.97. The number of aromatic nitrogens is 1. The number of pyridine rings is 1. The van der Waals surface area contributed by atoms with Crippen LogP contribution < -0.4 is 0 Å². The Kier molecular flexibility index (Phi) is 5.63. The number of Topliss-reactive ketones (excluding diaryl/α,β-unsaturated/α-hetero) is 1. The van der Waals surface area contributed by atoms with Crippen molar-refractivity contribution in [1.29, 1.82) is 0 Å². The van der Waals surface area contributed by atoms with E-state index in [4.69, 9.17) is 9.47 Å². The maximum absolute atomic E-state index is 12.8. The number of carbonyl (C=O) groups excluding carboxylic acids is 2. The lowest BCUT2D eigenvalue weighted by molar-refractivity contribution is -0.149. The molecule has 1 aromatic carbocycles. The zero-order chi connectivity index (χ0) is 19.4. The second-order valence-corrected chi connectivity index (χ2v) is 6.00. The first-order chi connectivity index (χ1) is 13.1. The Hall–Kier alpha value is -3.03. The third-order valence-electron chi connectivity index (χ3n) is 4.46. The van der Waals surface area contributed by atoms with Crippen LogP contribution in [-0.4, -0.2) is 53.7 Å². The number of aliphatic hydroxyl groups is 1. The van der Waals surface area contributed by atoms with Crippen LogP contribution in [0.5, 0.6) is 0 Å². The molecular weight excluding hydrogens is 348 g/mol. The molecule has 27 heavy (non-hydrogen) atoms. The second-order valence-electron chi connectivity index (χ2n) is 6.00. The van der Waals surface area contributed by atoms with Gasteiger partial charge in [-0.25, -0.2) is 0 Å².